The fourth-order valence-electron chi connectivity index (χ4n) is 3.42. The Hall–Kier alpha value is -3.93. The lowest BCUT2D eigenvalue weighted by molar-refractivity contribution is 0.0725. The summed E-state index contributed by atoms with van der Waals surface area (Å²) < 4.78 is 5.22. The van der Waals surface area contributed by atoms with Gasteiger partial charge in [0.05, 0.1) is 24.6 Å². The Bertz CT molecular complexity index is 1260. The Kier molecular flexibility index (Phi) is 5.80. The van der Waals surface area contributed by atoms with Crippen molar-refractivity contribution in [1.29, 1.82) is 0 Å². The Labute approximate surface area is 180 Å². The van der Waals surface area contributed by atoms with E-state index in [1.165, 1.54) is 0 Å². The number of para-hydroxylation sites is 1. The third-order valence-corrected chi connectivity index (χ3v) is 5.12. The molecule has 0 spiro atoms. The molecule has 31 heavy (non-hydrogen) atoms. The molecule has 0 unspecified atom stereocenters. The van der Waals surface area contributed by atoms with Gasteiger partial charge < -0.3 is 14.6 Å². The second-order valence-corrected chi connectivity index (χ2v) is 7.41. The molecule has 1 N–H and O–H groups in total. The molecule has 0 bridgehead atoms. The van der Waals surface area contributed by atoms with Gasteiger partial charge in [-0.1, -0.05) is 42.0 Å². The number of hydrogen-bond acceptors (Lipinski definition) is 4. The fraction of sp³-hybridized carbons (Fsp3) is 0.160. The van der Waals surface area contributed by atoms with Gasteiger partial charge in [-0.25, -0.2) is 4.98 Å². The summed E-state index contributed by atoms with van der Waals surface area (Å²) in [6.07, 6.45) is 0. The molecule has 156 valence electrons. The summed E-state index contributed by atoms with van der Waals surface area (Å²) in [6.45, 7) is 2.53. The third-order valence-electron chi connectivity index (χ3n) is 5.12. The van der Waals surface area contributed by atoms with Crippen LogP contribution in [0.1, 0.15) is 27.3 Å². The van der Waals surface area contributed by atoms with E-state index < -0.39 is 0 Å². The summed E-state index contributed by atoms with van der Waals surface area (Å²) in [5, 5.41) is 0.526. The predicted octanol–water partition coefficient (Wildman–Crippen LogP) is 4.08. The average Bonchev–Trinajstić information content (AvgIpc) is 2.79. The first-order valence-electron chi connectivity index (χ1n) is 10.0. The van der Waals surface area contributed by atoms with Crippen LogP contribution in [0, 0.1) is 6.92 Å². The number of aromatic amines is 1. The second-order valence-electron chi connectivity index (χ2n) is 7.41. The van der Waals surface area contributed by atoms with Crippen molar-refractivity contribution < 1.29 is 9.53 Å². The van der Waals surface area contributed by atoms with E-state index in [2.05, 4.69) is 9.97 Å². The Morgan fingerprint density at radius 2 is 1.68 bits per heavy atom. The number of hydrogen-bond donors (Lipinski definition) is 1. The van der Waals surface area contributed by atoms with E-state index in [1.54, 1.807) is 30.2 Å². The molecular formula is C25H23N3O3. The summed E-state index contributed by atoms with van der Waals surface area (Å²) in [6, 6.07) is 22.2. The van der Waals surface area contributed by atoms with E-state index in [0.717, 1.165) is 16.9 Å². The zero-order chi connectivity index (χ0) is 21.8. The number of nitrogens with zero attached hydrogens (tertiary/aromatic N) is 2. The Morgan fingerprint density at radius 1 is 0.968 bits per heavy atom. The molecule has 1 heterocycles. The van der Waals surface area contributed by atoms with Crippen molar-refractivity contribution in [2.75, 3.05) is 7.11 Å². The zero-order valence-electron chi connectivity index (χ0n) is 17.5. The quantitative estimate of drug-likeness (QED) is 0.517. The van der Waals surface area contributed by atoms with Gasteiger partial charge in [0.2, 0.25) is 0 Å². The highest BCUT2D eigenvalue weighted by atomic mass is 16.5. The van der Waals surface area contributed by atoms with Crippen molar-refractivity contribution in [1.82, 2.24) is 14.9 Å². The van der Waals surface area contributed by atoms with Gasteiger partial charge in [-0.2, -0.15) is 0 Å². The predicted molar refractivity (Wildman–Crippen MR) is 120 cm³/mol. The highest BCUT2D eigenvalue weighted by Gasteiger charge is 2.18. The number of carbonyl (C=O) groups is 1. The van der Waals surface area contributed by atoms with Gasteiger partial charge in [-0.3, -0.25) is 9.59 Å². The largest absolute Gasteiger partial charge is 0.497 e. The summed E-state index contributed by atoms with van der Waals surface area (Å²) in [5.41, 5.74) is 3.01. The van der Waals surface area contributed by atoms with E-state index in [-0.39, 0.29) is 18.0 Å². The van der Waals surface area contributed by atoms with Crippen LogP contribution in [0.3, 0.4) is 0 Å². The third kappa shape index (κ3) is 4.64. The van der Waals surface area contributed by atoms with Crippen LogP contribution in [0.2, 0.25) is 0 Å². The number of amides is 1. The van der Waals surface area contributed by atoms with Gasteiger partial charge in [0.15, 0.2) is 0 Å². The van der Waals surface area contributed by atoms with Gasteiger partial charge in [0.25, 0.3) is 11.5 Å². The maximum Gasteiger partial charge on any atom is 0.258 e. The van der Waals surface area contributed by atoms with Gasteiger partial charge in [-0.05, 0) is 48.9 Å². The number of rotatable bonds is 6. The van der Waals surface area contributed by atoms with E-state index in [9.17, 15) is 9.59 Å². The number of carbonyl (C=O) groups excluding carboxylic acids is 1. The highest BCUT2D eigenvalue weighted by molar-refractivity contribution is 5.94. The minimum atomic E-state index is -0.215. The van der Waals surface area contributed by atoms with Crippen LogP contribution in [0.15, 0.2) is 77.6 Å². The Balaban J connectivity index is 1.67. The zero-order valence-corrected chi connectivity index (χ0v) is 17.5. The number of aryl methyl sites for hydroxylation is 1. The molecule has 1 amide bonds. The van der Waals surface area contributed by atoms with E-state index in [1.807, 2.05) is 61.5 Å². The number of fused-ring (bicyclic) bond motifs is 1. The molecule has 4 aromatic rings. The number of nitrogens with one attached hydrogen (secondary N) is 1. The van der Waals surface area contributed by atoms with Crippen LogP contribution in [-0.4, -0.2) is 27.9 Å². The van der Waals surface area contributed by atoms with Crippen LogP contribution < -0.4 is 10.3 Å². The van der Waals surface area contributed by atoms with Crippen LogP contribution >= 0.6 is 0 Å². The van der Waals surface area contributed by atoms with Crippen molar-refractivity contribution in [3.05, 3.63) is 106 Å². The molecule has 0 radical (unpaired) electrons. The molecule has 0 aliphatic rings. The van der Waals surface area contributed by atoms with Gasteiger partial charge >= 0.3 is 0 Å². The minimum absolute atomic E-state index is 0.133. The first-order valence-corrected chi connectivity index (χ1v) is 10.0. The summed E-state index contributed by atoms with van der Waals surface area (Å²) in [5.74, 6) is 1.06. The smallest absolute Gasteiger partial charge is 0.258 e. The van der Waals surface area contributed by atoms with E-state index in [4.69, 9.17) is 4.74 Å². The lowest BCUT2D eigenvalue weighted by Gasteiger charge is -2.23. The molecule has 0 aliphatic heterocycles. The minimum Gasteiger partial charge on any atom is -0.497 e. The molecular weight excluding hydrogens is 390 g/mol. The number of ether oxygens (including phenoxy) is 1. The van der Waals surface area contributed by atoms with Gasteiger partial charge in [0, 0.05) is 12.1 Å². The maximum atomic E-state index is 13.3. The van der Waals surface area contributed by atoms with Gasteiger partial charge in [-0.15, -0.1) is 0 Å². The number of aromatic nitrogens is 2. The maximum absolute atomic E-state index is 13.3. The molecule has 0 saturated carbocycles. The molecule has 4 rings (SSSR count). The topological polar surface area (TPSA) is 75.3 Å². The van der Waals surface area contributed by atoms with Crippen molar-refractivity contribution in [2.24, 2.45) is 0 Å². The Morgan fingerprint density at radius 3 is 2.39 bits per heavy atom. The number of methoxy groups -OCH3 is 1. The number of benzene rings is 3. The monoisotopic (exact) mass is 413 g/mol. The standard InChI is InChI=1S/C25H23N3O3/c1-17-7-11-19(12-8-17)25(30)28(15-18-9-13-20(31-2)14-10-18)16-23-26-22-6-4-3-5-21(22)24(29)27-23/h3-14H,15-16H2,1-2H3,(H,26,27,29). The van der Waals surface area contributed by atoms with E-state index >= 15 is 0 Å². The molecule has 6 heteroatoms. The van der Waals surface area contributed by atoms with Crippen molar-refractivity contribution in [3.8, 4) is 5.75 Å². The lowest BCUT2D eigenvalue weighted by atomic mass is 10.1. The summed E-state index contributed by atoms with van der Waals surface area (Å²) in [4.78, 5) is 34.9. The molecule has 0 saturated heterocycles. The van der Waals surface area contributed by atoms with Crippen LogP contribution in [-0.2, 0) is 13.1 Å². The second kappa shape index (κ2) is 8.83. The van der Waals surface area contributed by atoms with Crippen LogP contribution in [0.5, 0.6) is 5.75 Å². The lowest BCUT2D eigenvalue weighted by Crippen LogP contribution is -2.31. The number of H-pyrrole nitrogens is 1. The molecule has 3 aromatic carbocycles. The summed E-state index contributed by atoms with van der Waals surface area (Å²) in [7, 11) is 1.62. The summed E-state index contributed by atoms with van der Waals surface area (Å²) >= 11 is 0. The highest BCUT2D eigenvalue weighted by Crippen LogP contribution is 2.17. The van der Waals surface area contributed by atoms with E-state index in [0.29, 0.717) is 28.8 Å². The normalized spacial score (nSPS) is 10.8. The first kappa shape index (κ1) is 20.3. The van der Waals surface area contributed by atoms with Crippen LogP contribution in [0.4, 0.5) is 0 Å². The molecule has 0 atom stereocenters. The SMILES string of the molecule is COc1ccc(CN(Cc2nc3ccccc3c(=O)[nH]2)C(=O)c2ccc(C)cc2)cc1. The van der Waals surface area contributed by atoms with Crippen LogP contribution in [0.25, 0.3) is 10.9 Å². The van der Waals surface area contributed by atoms with Crippen molar-refractivity contribution >= 4 is 16.8 Å². The fourth-order valence-corrected chi connectivity index (χ4v) is 3.42. The molecule has 0 fully saturated rings. The van der Waals surface area contributed by atoms with Gasteiger partial charge in [0.1, 0.15) is 11.6 Å². The van der Waals surface area contributed by atoms with Crippen molar-refractivity contribution in [3.63, 3.8) is 0 Å². The van der Waals surface area contributed by atoms with Crippen molar-refractivity contribution in [2.45, 2.75) is 20.0 Å². The molecule has 1 aromatic heterocycles. The first-order chi connectivity index (χ1) is 15.0. The molecule has 0 aliphatic carbocycles. The molecule has 6 nitrogen and oxygen atoms in total. The average molecular weight is 413 g/mol.